The van der Waals surface area contributed by atoms with Crippen molar-refractivity contribution in [1.29, 1.82) is 0 Å². The first kappa shape index (κ1) is 11.3. The number of rotatable bonds is 3. The van der Waals surface area contributed by atoms with E-state index < -0.39 is 5.91 Å². The Morgan fingerprint density at radius 2 is 2.29 bits per heavy atom. The van der Waals surface area contributed by atoms with Crippen LogP contribution in [0.4, 0.5) is 0 Å². The lowest BCUT2D eigenvalue weighted by atomic mass is 10.3. The standard InChI is InChI=1S/C8H8BrClN2O2/c9-5-1-6(10)3-7(2-5)14-4-8(13)12-11/h1-3H,4,11H2,(H,12,13). The molecule has 0 aliphatic carbocycles. The van der Waals surface area contributed by atoms with E-state index in [4.69, 9.17) is 22.2 Å². The molecule has 0 aromatic heterocycles. The summed E-state index contributed by atoms with van der Waals surface area (Å²) in [6, 6.07) is 5.03. The molecule has 1 rings (SSSR count). The zero-order valence-electron chi connectivity index (χ0n) is 7.09. The molecular formula is C8H8BrClN2O2. The van der Waals surface area contributed by atoms with E-state index in [1.165, 1.54) is 0 Å². The molecule has 6 heteroatoms. The van der Waals surface area contributed by atoms with Crippen molar-refractivity contribution >= 4 is 33.4 Å². The van der Waals surface area contributed by atoms with E-state index in [-0.39, 0.29) is 6.61 Å². The number of amides is 1. The van der Waals surface area contributed by atoms with Gasteiger partial charge in [-0.1, -0.05) is 27.5 Å². The molecule has 4 nitrogen and oxygen atoms in total. The average Bonchev–Trinajstić information content (AvgIpc) is 2.12. The molecule has 0 radical (unpaired) electrons. The van der Waals surface area contributed by atoms with Gasteiger partial charge >= 0.3 is 0 Å². The first-order valence-electron chi connectivity index (χ1n) is 3.70. The zero-order chi connectivity index (χ0) is 10.6. The topological polar surface area (TPSA) is 64.3 Å². The molecule has 0 bridgehead atoms. The molecule has 76 valence electrons. The van der Waals surface area contributed by atoms with Gasteiger partial charge in [0.05, 0.1) is 0 Å². The highest BCUT2D eigenvalue weighted by atomic mass is 79.9. The van der Waals surface area contributed by atoms with Crippen LogP contribution in [0.15, 0.2) is 22.7 Å². The zero-order valence-corrected chi connectivity index (χ0v) is 9.43. The van der Waals surface area contributed by atoms with E-state index in [1.54, 1.807) is 18.2 Å². The monoisotopic (exact) mass is 278 g/mol. The van der Waals surface area contributed by atoms with Crippen molar-refractivity contribution in [2.45, 2.75) is 0 Å². The van der Waals surface area contributed by atoms with Gasteiger partial charge in [0.15, 0.2) is 6.61 Å². The van der Waals surface area contributed by atoms with Gasteiger partial charge in [-0.15, -0.1) is 0 Å². The fourth-order valence-corrected chi connectivity index (χ4v) is 1.63. The lowest BCUT2D eigenvalue weighted by molar-refractivity contribution is -0.123. The van der Waals surface area contributed by atoms with Crippen molar-refractivity contribution in [3.63, 3.8) is 0 Å². The molecule has 0 heterocycles. The lowest BCUT2D eigenvalue weighted by Crippen LogP contribution is -2.34. The molecule has 0 aliphatic heterocycles. The summed E-state index contributed by atoms with van der Waals surface area (Å²) >= 11 is 9.01. The molecular weight excluding hydrogens is 271 g/mol. The van der Waals surface area contributed by atoms with Crippen LogP contribution in [-0.4, -0.2) is 12.5 Å². The van der Waals surface area contributed by atoms with Crippen LogP contribution in [0, 0.1) is 0 Å². The number of carbonyl (C=O) groups is 1. The highest BCUT2D eigenvalue weighted by molar-refractivity contribution is 9.10. The fourth-order valence-electron chi connectivity index (χ4n) is 0.802. The summed E-state index contributed by atoms with van der Waals surface area (Å²) in [6.07, 6.45) is 0. The van der Waals surface area contributed by atoms with Gasteiger partial charge in [-0.2, -0.15) is 0 Å². The van der Waals surface area contributed by atoms with Gasteiger partial charge in [0.25, 0.3) is 5.91 Å². The largest absolute Gasteiger partial charge is 0.484 e. The van der Waals surface area contributed by atoms with Crippen LogP contribution >= 0.6 is 27.5 Å². The third kappa shape index (κ3) is 3.53. The molecule has 1 aromatic rings. The van der Waals surface area contributed by atoms with Crippen LogP contribution in [0.3, 0.4) is 0 Å². The number of nitrogens with one attached hydrogen (secondary N) is 1. The molecule has 3 N–H and O–H groups in total. The summed E-state index contributed by atoms with van der Waals surface area (Å²) < 4.78 is 5.90. The summed E-state index contributed by atoms with van der Waals surface area (Å²) in [6.45, 7) is -0.136. The van der Waals surface area contributed by atoms with E-state index in [0.717, 1.165) is 4.47 Å². The molecule has 0 spiro atoms. The van der Waals surface area contributed by atoms with Crippen molar-refractivity contribution < 1.29 is 9.53 Å². The molecule has 0 saturated heterocycles. The Kier molecular flexibility index (Phi) is 4.19. The van der Waals surface area contributed by atoms with Crippen molar-refractivity contribution in [2.75, 3.05) is 6.61 Å². The summed E-state index contributed by atoms with van der Waals surface area (Å²) in [5, 5.41) is 0.530. The number of halogens is 2. The Balaban J connectivity index is 2.63. The Morgan fingerprint density at radius 3 is 2.86 bits per heavy atom. The Bertz CT molecular complexity index is 326. The third-order valence-electron chi connectivity index (χ3n) is 1.37. The highest BCUT2D eigenvalue weighted by Gasteiger charge is 2.02. The van der Waals surface area contributed by atoms with Gasteiger partial charge in [0.2, 0.25) is 0 Å². The molecule has 1 amide bonds. The van der Waals surface area contributed by atoms with Crippen molar-refractivity contribution in [3.8, 4) is 5.75 Å². The second-order valence-electron chi connectivity index (χ2n) is 2.46. The van der Waals surface area contributed by atoms with E-state index >= 15 is 0 Å². The van der Waals surface area contributed by atoms with Gasteiger partial charge in [-0.25, -0.2) is 5.84 Å². The van der Waals surface area contributed by atoms with E-state index in [1.807, 2.05) is 5.43 Å². The predicted molar refractivity (Wildman–Crippen MR) is 57.0 cm³/mol. The fraction of sp³-hybridized carbons (Fsp3) is 0.125. The maximum atomic E-state index is 10.7. The smallest absolute Gasteiger partial charge is 0.271 e. The number of carbonyl (C=O) groups excluding carboxylic acids is 1. The highest BCUT2D eigenvalue weighted by Crippen LogP contribution is 2.24. The second-order valence-corrected chi connectivity index (χ2v) is 3.81. The van der Waals surface area contributed by atoms with E-state index in [0.29, 0.717) is 10.8 Å². The number of ether oxygens (including phenoxy) is 1. The normalized spacial score (nSPS) is 9.64. The Labute approximate surface area is 94.5 Å². The minimum atomic E-state index is -0.402. The lowest BCUT2D eigenvalue weighted by Gasteiger charge is -2.05. The Morgan fingerprint density at radius 1 is 1.57 bits per heavy atom. The first-order chi connectivity index (χ1) is 6.61. The molecule has 0 unspecified atom stereocenters. The summed E-state index contributed by atoms with van der Waals surface area (Å²) in [5.41, 5.74) is 1.96. The number of benzene rings is 1. The predicted octanol–water partition coefficient (Wildman–Crippen LogP) is 1.47. The summed E-state index contributed by atoms with van der Waals surface area (Å²) in [4.78, 5) is 10.7. The summed E-state index contributed by atoms with van der Waals surface area (Å²) in [7, 11) is 0. The quantitative estimate of drug-likeness (QED) is 0.500. The van der Waals surface area contributed by atoms with Crippen LogP contribution in [-0.2, 0) is 4.79 Å². The SMILES string of the molecule is NNC(=O)COc1cc(Cl)cc(Br)c1. The number of hydrazine groups is 1. The Hall–Kier alpha value is -0.780. The third-order valence-corrected chi connectivity index (χ3v) is 2.04. The average molecular weight is 280 g/mol. The molecule has 1 aromatic carbocycles. The number of nitrogens with two attached hydrogens (primary N) is 1. The van der Waals surface area contributed by atoms with Crippen LogP contribution < -0.4 is 16.0 Å². The molecule has 14 heavy (non-hydrogen) atoms. The molecule has 0 atom stereocenters. The number of hydrogen-bond acceptors (Lipinski definition) is 3. The van der Waals surface area contributed by atoms with Crippen LogP contribution in [0.5, 0.6) is 5.75 Å². The first-order valence-corrected chi connectivity index (χ1v) is 4.87. The maximum Gasteiger partial charge on any atom is 0.271 e. The van der Waals surface area contributed by atoms with Crippen LogP contribution in [0.2, 0.25) is 5.02 Å². The second kappa shape index (κ2) is 5.19. The van der Waals surface area contributed by atoms with Crippen LogP contribution in [0.25, 0.3) is 0 Å². The van der Waals surface area contributed by atoms with Gasteiger partial charge < -0.3 is 4.74 Å². The minimum absolute atomic E-state index is 0.136. The van der Waals surface area contributed by atoms with E-state index in [2.05, 4.69) is 15.9 Å². The van der Waals surface area contributed by atoms with Crippen molar-refractivity contribution in [3.05, 3.63) is 27.7 Å². The molecule has 0 saturated carbocycles. The molecule has 0 aliphatic rings. The maximum absolute atomic E-state index is 10.7. The van der Waals surface area contributed by atoms with Crippen molar-refractivity contribution in [2.24, 2.45) is 5.84 Å². The van der Waals surface area contributed by atoms with Gasteiger partial charge in [0.1, 0.15) is 5.75 Å². The van der Waals surface area contributed by atoms with Crippen molar-refractivity contribution in [1.82, 2.24) is 5.43 Å². The number of hydrogen-bond donors (Lipinski definition) is 2. The van der Waals surface area contributed by atoms with Crippen LogP contribution in [0.1, 0.15) is 0 Å². The van der Waals surface area contributed by atoms with Gasteiger partial charge in [-0.05, 0) is 18.2 Å². The van der Waals surface area contributed by atoms with Gasteiger partial charge in [0, 0.05) is 9.50 Å². The van der Waals surface area contributed by atoms with E-state index in [9.17, 15) is 4.79 Å². The van der Waals surface area contributed by atoms with Gasteiger partial charge in [-0.3, -0.25) is 10.2 Å². The molecule has 0 fully saturated rings. The minimum Gasteiger partial charge on any atom is -0.484 e. The summed E-state index contributed by atoms with van der Waals surface area (Å²) in [5.74, 6) is 4.99.